The van der Waals surface area contributed by atoms with Gasteiger partial charge in [0.15, 0.2) is 5.41 Å². The van der Waals surface area contributed by atoms with Crippen LogP contribution in [0.15, 0.2) is 35.9 Å². The van der Waals surface area contributed by atoms with Crippen molar-refractivity contribution in [3.63, 3.8) is 0 Å². The Morgan fingerprint density at radius 2 is 1.85 bits per heavy atom. The Balaban J connectivity index is 2.22. The summed E-state index contributed by atoms with van der Waals surface area (Å²) in [6.07, 6.45) is 1.98. The largest absolute Gasteiger partial charge is 0.497 e. The van der Waals surface area contributed by atoms with Crippen LogP contribution in [0.4, 0.5) is 0 Å². The summed E-state index contributed by atoms with van der Waals surface area (Å²) in [5.41, 5.74) is -0.105. The summed E-state index contributed by atoms with van der Waals surface area (Å²) in [6.45, 7) is 1.33. The van der Waals surface area contributed by atoms with Crippen molar-refractivity contribution in [3.05, 3.63) is 41.5 Å². The van der Waals surface area contributed by atoms with E-state index in [2.05, 4.69) is 23.1 Å². The first-order valence-electron chi connectivity index (χ1n) is 8.35. The molecule has 0 spiro atoms. The Bertz CT molecular complexity index is 867. The molecular formula is C20H19N5O. The molecule has 1 aromatic carbocycles. The lowest BCUT2D eigenvalue weighted by Gasteiger charge is -2.47. The van der Waals surface area contributed by atoms with Crippen molar-refractivity contribution in [3.8, 4) is 24.0 Å². The highest BCUT2D eigenvalue weighted by atomic mass is 16.5. The number of hydrogen-bond donors (Lipinski definition) is 1. The van der Waals surface area contributed by atoms with Crippen molar-refractivity contribution in [2.75, 3.05) is 27.2 Å². The van der Waals surface area contributed by atoms with Gasteiger partial charge in [-0.3, -0.25) is 0 Å². The Labute approximate surface area is 153 Å². The number of ether oxygens (including phenoxy) is 1. The van der Waals surface area contributed by atoms with E-state index in [9.17, 15) is 15.8 Å². The van der Waals surface area contributed by atoms with Gasteiger partial charge in [0.1, 0.15) is 11.7 Å². The third-order valence-electron chi connectivity index (χ3n) is 5.45. The minimum Gasteiger partial charge on any atom is -0.497 e. The van der Waals surface area contributed by atoms with E-state index in [0.717, 1.165) is 11.1 Å². The first-order chi connectivity index (χ1) is 12.5. The maximum Gasteiger partial charge on any atom is 0.189 e. The monoisotopic (exact) mass is 345 g/mol. The van der Waals surface area contributed by atoms with Gasteiger partial charge in [-0.2, -0.15) is 15.8 Å². The molecule has 6 nitrogen and oxygen atoms in total. The quantitative estimate of drug-likeness (QED) is 0.828. The second-order valence-electron chi connectivity index (χ2n) is 6.79. The van der Waals surface area contributed by atoms with Crippen LogP contribution in [0.3, 0.4) is 0 Å². The average molecular weight is 345 g/mol. The van der Waals surface area contributed by atoms with E-state index in [1.807, 2.05) is 25.3 Å². The van der Waals surface area contributed by atoms with Crippen LogP contribution in [-0.2, 0) is 0 Å². The maximum atomic E-state index is 9.93. The maximum absolute atomic E-state index is 9.93. The predicted octanol–water partition coefficient (Wildman–Crippen LogP) is 2.47. The van der Waals surface area contributed by atoms with Crippen molar-refractivity contribution < 1.29 is 4.74 Å². The Hall–Kier alpha value is -3.14. The smallest absolute Gasteiger partial charge is 0.189 e. The zero-order valence-corrected chi connectivity index (χ0v) is 14.7. The number of nitrogens with zero attached hydrogens (tertiary/aromatic N) is 4. The van der Waals surface area contributed by atoms with E-state index in [0.29, 0.717) is 18.8 Å². The fraction of sp³-hybridized carbons (Fsp3) is 0.400. The van der Waals surface area contributed by atoms with Gasteiger partial charge in [0.2, 0.25) is 0 Å². The van der Waals surface area contributed by atoms with Crippen molar-refractivity contribution >= 4 is 5.71 Å². The molecule has 1 aliphatic heterocycles. The van der Waals surface area contributed by atoms with Crippen molar-refractivity contribution in [2.45, 2.75) is 5.92 Å². The van der Waals surface area contributed by atoms with Crippen LogP contribution >= 0.6 is 0 Å². The fourth-order valence-corrected chi connectivity index (χ4v) is 4.14. The molecule has 130 valence electrons. The number of benzene rings is 1. The zero-order valence-electron chi connectivity index (χ0n) is 14.7. The van der Waals surface area contributed by atoms with Gasteiger partial charge >= 0.3 is 0 Å². The molecule has 0 saturated heterocycles. The molecule has 2 aliphatic rings. The van der Waals surface area contributed by atoms with Crippen molar-refractivity contribution in [1.82, 2.24) is 4.90 Å². The van der Waals surface area contributed by atoms with E-state index in [-0.39, 0.29) is 11.6 Å². The van der Waals surface area contributed by atoms with Crippen LogP contribution in [0.1, 0.15) is 11.5 Å². The number of nitrogens with one attached hydrogen (secondary N) is 1. The molecule has 0 radical (unpaired) electrons. The minimum absolute atomic E-state index is 0.113. The van der Waals surface area contributed by atoms with E-state index in [1.54, 1.807) is 19.2 Å². The number of nitriles is 3. The Morgan fingerprint density at radius 1 is 1.19 bits per heavy atom. The van der Waals surface area contributed by atoms with Crippen LogP contribution in [0.2, 0.25) is 0 Å². The third-order valence-corrected chi connectivity index (χ3v) is 5.45. The summed E-state index contributed by atoms with van der Waals surface area (Å²) in [4.78, 5) is 2.10. The predicted molar refractivity (Wildman–Crippen MR) is 95.3 cm³/mol. The van der Waals surface area contributed by atoms with Gasteiger partial charge in [-0.25, -0.2) is 0 Å². The number of hydrogen-bond acceptors (Lipinski definition) is 6. The molecule has 3 atom stereocenters. The molecule has 3 rings (SSSR count). The standard InChI is InChI=1S/C20H19N5O/c1-25-8-7-15-16(9-21)19(24)20(11-22,12-23)18(17(15)10-25)13-3-5-14(26-2)6-4-13/h3-7,16-18,24H,8,10H2,1-2H3/t16?,17-,18+/m0/s1. The molecule has 26 heavy (non-hydrogen) atoms. The van der Waals surface area contributed by atoms with Gasteiger partial charge < -0.3 is 15.0 Å². The summed E-state index contributed by atoms with van der Waals surface area (Å²) >= 11 is 0. The van der Waals surface area contributed by atoms with Crippen LogP contribution in [-0.4, -0.2) is 37.9 Å². The van der Waals surface area contributed by atoms with E-state index in [4.69, 9.17) is 10.1 Å². The lowest BCUT2D eigenvalue weighted by molar-refractivity contribution is 0.235. The number of fused-ring (bicyclic) bond motifs is 1. The molecule has 6 heteroatoms. The fourth-order valence-electron chi connectivity index (χ4n) is 4.14. The first kappa shape index (κ1) is 17.7. The van der Waals surface area contributed by atoms with E-state index >= 15 is 0 Å². The summed E-state index contributed by atoms with van der Waals surface area (Å²) in [6, 6.07) is 13.6. The van der Waals surface area contributed by atoms with E-state index < -0.39 is 17.3 Å². The van der Waals surface area contributed by atoms with Crippen molar-refractivity contribution in [2.24, 2.45) is 17.3 Å². The molecule has 0 bridgehead atoms. The van der Waals surface area contributed by atoms with Crippen LogP contribution in [0.25, 0.3) is 0 Å². The highest BCUT2D eigenvalue weighted by Gasteiger charge is 2.57. The van der Waals surface area contributed by atoms with Gasteiger partial charge in [-0.05, 0) is 30.3 Å². The first-order valence-corrected chi connectivity index (χ1v) is 8.35. The topological polar surface area (TPSA) is 108 Å². The minimum atomic E-state index is -1.66. The Kier molecular flexibility index (Phi) is 4.51. The molecule has 1 aromatic rings. The average Bonchev–Trinajstić information content (AvgIpc) is 2.67. The van der Waals surface area contributed by atoms with Crippen LogP contribution in [0.5, 0.6) is 5.75 Å². The van der Waals surface area contributed by atoms with Crippen LogP contribution in [0, 0.1) is 56.7 Å². The van der Waals surface area contributed by atoms with Gasteiger partial charge in [0.25, 0.3) is 0 Å². The summed E-state index contributed by atoms with van der Waals surface area (Å²) in [5.74, 6) is -0.803. The van der Waals surface area contributed by atoms with Crippen molar-refractivity contribution in [1.29, 1.82) is 21.2 Å². The molecule has 1 heterocycles. The second kappa shape index (κ2) is 6.64. The normalized spacial score (nSPS) is 27.3. The van der Waals surface area contributed by atoms with E-state index in [1.165, 1.54) is 0 Å². The summed E-state index contributed by atoms with van der Waals surface area (Å²) < 4.78 is 5.21. The Morgan fingerprint density at radius 3 is 2.38 bits per heavy atom. The lowest BCUT2D eigenvalue weighted by atomic mass is 9.54. The van der Waals surface area contributed by atoms with Gasteiger partial charge in [-0.15, -0.1) is 0 Å². The summed E-state index contributed by atoms with van der Waals surface area (Å²) in [7, 11) is 3.55. The molecular weight excluding hydrogens is 326 g/mol. The zero-order chi connectivity index (χ0) is 18.9. The summed E-state index contributed by atoms with van der Waals surface area (Å²) in [5, 5.41) is 38.0. The molecule has 1 fully saturated rings. The number of methoxy groups -OCH3 is 1. The molecule has 1 aliphatic carbocycles. The highest BCUT2D eigenvalue weighted by molar-refractivity contribution is 6.00. The molecule has 1 saturated carbocycles. The number of rotatable bonds is 2. The third kappa shape index (κ3) is 2.46. The van der Waals surface area contributed by atoms with Gasteiger partial charge in [0, 0.05) is 24.9 Å². The molecule has 1 unspecified atom stereocenters. The molecule has 0 aromatic heterocycles. The SMILES string of the molecule is COc1ccc([C@@H]2[C@H]3CN(C)CC=C3C(C#N)C(=N)C2(C#N)C#N)cc1. The van der Waals surface area contributed by atoms with Gasteiger partial charge in [-0.1, -0.05) is 18.2 Å². The highest BCUT2D eigenvalue weighted by Crippen LogP contribution is 2.53. The molecule has 0 amide bonds. The lowest BCUT2D eigenvalue weighted by Crippen LogP contribution is -2.52. The number of likely N-dealkylation sites (N-methyl/N-ethyl adjacent to an activating group) is 1. The molecule has 1 N–H and O–H groups in total. The second-order valence-corrected chi connectivity index (χ2v) is 6.79. The van der Waals surface area contributed by atoms with Gasteiger partial charge in [0.05, 0.1) is 31.0 Å². The van der Waals surface area contributed by atoms with Crippen LogP contribution < -0.4 is 4.74 Å².